The van der Waals surface area contributed by atoms with Crippen molar-refractivity contribution >= 4 is 27.3 Å². The highest BCUT2D eigenvalue weighted by Gasteiger charge is 2.18. The molecule has 0 N–H and O–H groups in total. The van der Waals surface area contributed by atoms with Crippen LogP contribution in [0, 0.1) is 11.3 Å². The SMILES string of the molecule is N#Cc1cc(Br)cc(N2CCCOc3ccccc32)c1. The first-order valence-electron chi connectivity index (χ1n) is 6.48. The summed E-state index contributed by atoms with van der Waals surface area (Å²) in [6.07, 6.45) is 0.948. The van der Waals surface area contributed by atoms with Gasteiger partial charge in [-0.3, -0.25) is 0 Å². The van der Waals surface area contributed by atoms with Crippen molar-refractivity contribution in [2.75, 3.05) is 18.1 Å². The van der Waals surface area contributed by atoms with E-state index in [9.17, 15) is 0 Å². The number of nitriles is 1. The van der Waals surface area contributed by atoms with E-state index in [2.05, 4.69) is 26.9 Å². The lowest BCUT2D eigenvalue weighted by molar-refractivity contribution is 0.322. The molecule has 1 aliphatic rings. The Morgan fingerprint density at radius 1 is 1.20 bits per heavy atom. The van der Waals surface area contributed by atoms with Crippen molar-refractivity contribution in [3.63, 3.8) is 0 Å². The van der Waals surface area contributed by atoms with Gasteiger partial charge in [0.1, 0.15) is 5.75 Å². The lowest BCUT2D eigenvalue weighted by atomic mass is 10.1. The smallest absolute Gasteiger partial charge is 0.142 e. The lowest BCUT2D eigenvalue weighted by Gasteiger charge is -2.24. The third kappa shape index (κ3) is 2.50. The Morgan fingerprint density at radius 2 is 2.05 bits per heavy atom. The normalized spacial score (nSPS) is 13.9. The molecule has 0 spiro atoms. The number of rotatable bonds is 1. The molecule has 3 rings (SSSR count). The second kappa shape index (κ2) is 5.56. The largest absolute Gasteiger partial charge is 0.491 e. The average Bonchev–Trinajstić information content (AvgIpc) is 2.69. The highest BCUT2D eigenvalue weighted by molar-refractivity contribution is 9.10. The molecule has 20 heavy (non-hydrogen) atoms. The molecule has 0 fully saturated rings. The number of hydrogen-bond donors (Lipinski definition) is 0. The maximum atomic E-state index is 9.12. The molecule has 0 aliphatic carbocycles. The molecule has 0 saturated carbocycles. The fourth-order valence-electron chi connectivity index (χ4n) is 2.39. The number of hydrogen-bond acceptors (Lipinski definition) is 3. The Hall–Kier alpha value is -1.99. The molecule has 100 valence electrons. The fraction of sp³-hybridized carbons (Fsp3) is 0.188. The van der Waals surface area contributed by atoms with Crippen LogP contribution in [-0.4, -0.2) is 13.2 Å². The highest BCUT2D eigenvalue weighted by Crippen LogP contribution is 2.36. The summed E-state index contributed by atoms with van der Waals surface area (Å²) in [5, 5.41) is 9.12. The Kier molecular flexibility index (Phi) is 3.62. The minimum Gasteiger partial charge on any atom is -0.491 e. The molecular weight excluding hydrogens is 316 g/mol. The van der Waals surface area contributed by atoms with Gasteiger partial charge in [0.15, 0.2) is 0 Å². The zero-order valence-electron chi connectivity index (χ0n) is 10.8. The molecular formula is C16H13BrN2O. The maximum absolute atomic E-state index is 9.12. The average molecular weight is 329 g/mol. The predicted molar refractivity (Wildman–Crippen MR) is 82.4 cm³/mol. The van der Waals surface area contributed by atoms with E-state index >= 15 is 0 Å². The van der Waals surface area contributed by atoms with Gasteiger partial charge in [-0.15, -0.1) is 0 Å². The second-order valence-electron chi connectivity index (χ2n) is 4.63. The van der Waals surface area contributed by atoms with Crippen molar-refractivity contribution < 1.29 is 4.74 Å². The summed E-state index contributed by atoms with van der Waals surface area (Å²) < 4.78 is 6.68. The second-order valence-corrected chi connectivity index (χ2v) is 5.55. The fourth-order valence-corrected chi connectivity index (χ4v) is 2.87. The molecule has 1 aliphatic heterocycles. The molecule has 0 unspecified atom stereocenters. The van der Waals surface area contributed by atoms with E-state index in [1.165, 1.54) is 0 Å². The molecule has 0 saturated heterocycles. The van der Waals surface area contributed by atoms with E-state index in [1.54, 1.807) is 0 Å². The number of para-hydroxylation sites is 2. The molecule has 3 nitrogen and oxygen atoms in total. The van der Waals surface area contributed by atoms with Crippen LogP contribution in [0.2, 0.25) is 0 Å². The topological polar surface area (TPSA) is 36.3 Å². The third-order valence-electron chi connectivity index (χ3n) is 3.26. The molecule has 0 amide bonds. The van der Waals surface area contributed by atoms with E-state index in [0.717, 1.165) is 34.6 Å². The van der Waals surface area contributed by atoms with Crippen LogP contribution in [0.5, 0.6) is 5.75 Å². The van der Waals surface area contributed by atoms with Gasteiger partial charge in [0, 0.05) is 16.7 Å². The van der Waals surface area contributed by atoms with Crippen LogP contribution in [0.25, 0.3) is 0 Å². The van der Waals surface area contributed by atoms with Crippen molar-refractivity contribution in [1.29, 1.82) is 5.26 Å². The summed E-state index contributed by atoms with van der Waals surface area (Å²) in [4.78, 5) is 2.20. The van der Waals surface area contributed by atoms with Crippen LogP contribution in [0.1, 0.15) is 12.0 Å². The van der Waals surface area contributed by atoms with Crippen molar-refractivity contribution in [1.82, 2.24) is 0 Å². The number of ether oxygens (including phenoxy) is 1. The van der Waals surface area contributed by atoms with Gasteiger partial charge in [-0.2, -0.15) is 5.26 Å². The van der Waals surface area contributed by atoms with Gasteiger partial charge in [0.05, 0.1) is 23.9 Å². The van der Waals surface area contributed by atoms with Gasteiger partial charge in [0.2, 0.25) is 0 Å². The van der Waals surface area contributed by atoms with E-state index in [1.807, 2.05) is 42.5 Å². The molecule has 2 aromatic carbocycles. The first kappa shape index (κ1) is 13.0. The first-order valence-corrected chi connectivity index (χ1v) is 7.27. The van der Waals surface area contributed by atoms with Crippen LogP contribution in [0.15, 0.2) is 46.9 Å². The summed E-state index contributed by atoms with van der Waals surface area (Å²) in [6.45, 7) is 1.59. The monoisotopic (exact) mass is 328 g/mol. The van der Waals surface area contributed by atoms with Crippen molar-refractivity contribution in [3.8, 4) is 11.8 Å². The minimum absolute atomic E-state index is 0.650. The zero-order valence-corrected chi connectivity index (χ0v) is 12.4. The van der Waals surface area contributed by atoms with Crippen LogP contribution >= 0.6 is 15.9 Å². The van der Waals surface area contributed by atoms with Crippen molar-refractivity contribution in [3.05, 3.63) is 52.5 Å². The van der Waals surface area contributed by atoms with Crippen molar-refractivity contribution in [2.24, 2.45) is 0 Å². The van der Waals surface area contributed by atoms with Crippen LogP contribution in [0.3, 0.4) is 0 Å². The summed E-state index contributed by atoms with van der Waals surface area (Å²) in [5.41, 5.74) is 2.71. The molecule has 0 bridgehead atoms. The van der Waals surface area contributed by atoms with Crippen LogP contribution in [-0.2, 0) is 0 Å². The number of nitrogens with zero attached hydrogens (tertiary/aromatic N) is 2. The van der Waals surface area contributed by atoms with Gasteiger partial charge >= 0.3 is 0 Å². The van der Waals surface area contributed by atoms with E-state index in [0.29, 0.717) is 12.2 Å². The molecule has 1 heterocycles. The summed E-state index contributed by atoms with van der Waals surface area (Å²) in [6, 6.07) is 16.0. The summed E-state index contributed by atoms with van der Waals surface area (Å²) >= 11 is 3.47. The molecule has 4 heteroatoms. The third-order valence-corrected chi connectivity index (χ3v) is 3.72. The first-order chi connectivity index (χ1) is 9.78. The van der Waals surface area contributed by atoms with Gasteiger partial charge in [-0.05, 0) is 36.8 Å². The summed E-state index contributed by atoms with van der Waals surface area (Å²) in [5.74, 6) is 0.892. The quantitative estimate of drug-likeness (QED) is 0.785. The minimum atomic E-state index is 0.650. The number of fused-ring (bicyclic) bond motifs is 1. The summed E-state index contributed by atoms with van der Waals surface area (Å²) in [7, 11) is 0. The van der Waals surface area contributed by atoms with E-state index < -0.39 is 0 Å². The number of halogens is 1. The van der Waals surface area contributed by atoms with Gasteiger partial charge in [0.25, 0.3) is 0 Å². The van der Waals surface area contributed by atoms with E-state index in [4.69, 9.17) is 10.00 Å². The zero-order chi connectivity index (χ0) is 13.9. The van der Waals surface area contributed by atoms with E-state index in [-0.39, 0.29) is 0 Å². The van der Waals surface area contributed by atoms with Gasteiger partial charge in [-0.25, -0.2) is 0 Å². The number of benzene rings is 2. The molecule has 0 aromatic heterocycles. The Balaban J connectivity index is 2.10. The predicted octanol–water partition coefficient (Wildman–Crippen LogP) is 4.24. The molecule has 0 radical (unpaired) electrons. The Bertz CT molecular complexity index is 678. The Labute approximate surface area is 126 Å². The lowest BCUT2D eigenvalue weighted by Crippen LogP contribution is -2.17. The molecule has 0 atom stereocenters. The van der Waals surface area contributed by atoms with Crippen LogP contribution in [0.4, 0.5) is 11.4 Å². The Morgan fingerprint density at radius 3 is 2.90 bits per heavy atom. The maximum Gasteiger partial charge on any atom is 0.142 e. The van der Waals surface area contributed by atoms with Crippen molar-refractivity contribution in [2.45, 2.75) is 6.42 Å². The molecule has 2 aromatic rings. The van der Waals surface area contributed by atoms with Gasteiger partial charge in [-0.1, -0.05) is 28.1 Å². The van der Waals surface area contributed by atoms with Crippen LogP contribution < -0.4 is 9.64 Å². The van der Waals surface area contributed by atoms with Gasteiger partial charge < -0.3 is 9.64 Å². The number of anilines is 2. The highest BCUT2D eigenvalue weighted by atomic mass is 79.9. The standard InChI is InChI=1S/C16H13BrN2O/c17-13-8-12(11-18)9-14(10-13)19-6-3-7-20-16-5-2-1-4-15(16)19/h1-2,4-5,8-10H,3,6-7H2.